The van der Waals surface area contributed by atoms with Crippen molar-refractivity contribution in [2.45, 2.75) is 12.5 Å². The van der Waals surface area contributed by atoms with E-state index in [4.69, 9.17) is 14.4 Å². The van der Waals surface area contributed by atoms with Crippen LogP contribution in [0.3, 0.4) is 0 Å². The number of aliphatic imine (C=N–C) groups is 1. The first kappa shape index (κ1) is 11.5. The Hall–Kier alpha value is -0.533. The van der Waals surface area contributed by atoms with E-state index in [1.807, 2.05) is 17.5 Å². The fourth-order valence-electron chi connectivity index (χ4n) is 0.927. The molecule has 1 rings (SSSR count). The summed E-state index contributed by atoms with van der Waals surface area (Å²) in [6.07, 6.45) is 2.25. The molecule has 0 saturated heterocycles. The van der Waals surface area contributed by atoms with Crippen molar-refractivity contribution in [3.63, 3.8) is 0 Å². The van der Waals surface area contributed by atoms with E-state index in [2.05, 4.69) is 4.99 Å². The van der Waals surface area contributed by atoms with Gasteiger partial charge in [-0.3, -0.25) is 4.99 Å². The van der Waals surface area contributed by atoms with E-state index in [-0.39, 0.29) is 6.04 Å². The van der Waals surface area contributed by atoms with Gasteiger partial charge in [0.25, 0.3) is 0 Å². The normalized spacial score (nSPS) is 12.5. The highest BCUT2D eigenvalue weighted by atomic mass is 32.1. The van der Waals surface area contributed by atoms with Crippen LogP contribution in [0.4, 0.5) is 0 Å². The van der Waals surface area contributed by atoms with E-state index in [9.17, 15) is 0 Å². The Bertz CT molecular complexity index is 281. The second kappa shape index (κ2) is 5.37. The number of nitrogens with zero attached hydrogens (tertiary/aromatic N) is 1. The first-order valence-corrected chi connectivity index (χ1v) is 7.21. The topological polar surface area (TPSA) is 73.0 Å². The molecule has 0 aliphatic heterocycles. The van der Waals surface area contributed by atoms with Crippen molar-refractivity contribution in [3.05, 3.63) is 22.4 Å². The number of thiophene rings is 1. The summed E-state index contributed by atoms with van der Waals surface area (Å²) in [4.78, 5) is 31.3. The Kier molecular flexibility index (Phi) is 4.43. The zero-order valence-corrected chi connectivity index (χ0v) is 9.44. The molecule has 14 heavy (non-hydrogen) atoms. The summed E-state index contributed by atoms with van der Waals surface area (Å²) in [5.41, 5.74) is 0. The molecule has 0 fully saturated rings. The van der Waals surface area contributed by atoms with Crippen molar-refractivity contribution in [1.82, 2.24) is 0 Å². The van der Waals surface area contributed by atoms with Crippen LogP contribution in [-0.2, 0) is 0 Å². The van der Waals surface area contributed by atoms with E-state index >= 15 is 0 Å². The maximum atomic E-state index is 8.70. The zero-order valence-electron chi connectivity index (χ0n) is 7.63. The molecule has 0 unspecified atom stereocenters. The van der Waals surface area contributed by atoms with Gasteiger partial charge in [-0.1, -0.05) is 6.07 Å². The summed E-state index contributed by atoms with van der Waals surface area (Å²) in [7, 11) is -3.84. The van der Waals surface area contributed by atoms with Gasteiger partial charge in [0, 0.05) is 23.7 Å². The molecule has 0 atom stereocenters. The van der Waals surface area contributed by atoms with Crippen molar-refractivity contribution < 1.29 is 14.4 Å². The van der Waals surface area contributed by atoms with Crippen LogP contribution in [0, 0.1) is 0 Å². The molecule has 0 spiro atoms. The predicted octanol–water partition coefficient (Wildman–Crippen LogP) is 0.473. The second-order valence-electron chi connectivity index (χ2n) is 2.93. The fraction of sp³-hybridized carbons (Fsp3) is 0.375. The summed E-state index contributed by atoms with van der Waals surface area (Å²) in [6, 6.07) is 3.95. The van der Waals surface area contributed by atoms with Crippen LogP contribution in [0.1, 0.15) is 11.3 Å². The first-order valence-electron chi connectivity index (χ1n) is 4.28. The lowest BCUT2D eigenvalue weighted by Crippen LogP contribution is -2.34. The molecule has 1 aromatic rings. The van der Waals surface area contributed by atoms with Gasteiger partial charge >= 0.3 is 8.80 Å². The van der Waals surface area contributed by atoms with Crippen LogP contribution >= 0.6 is 11.3 Å². The number of hydrogen-bond acceptors (Lipinski definition) is 5. The molecule has 0 amide bonds. The molecular formula is C8H13NO3SSi. The molecule has 3 N–H and O–H groups in total. The van der Waals surface area contributed by atoms with Crippen LogP contribution in [-0.4, -0.2) is 36.0 Å². The van der Waals surface area contributed by atoms with Gasteiger partial charge in [0.2, 0.25) is 0 Å². The summed E-state index contributed by atoms with van der Waals surface area (Å²) in [6.45, 7) is 0.508. The first-order chi connectivity index (χ1) is 6.58. The molecule has 6 heteroatoms. The Morgan fingerprint density at radius 3 is 2.79 bits per heavy atom. The number of hydrogen-bond donors (Lipinski definition) is 3. The molecule has 0 radical (unpaired) electrons. The highest BCUT2D eigenvalue weighted by Gasteiger charge is 2.25. The van der Waals surface area contributed by atoms with Crippen LogP contribution in [0.15, 0.2) is 22.5 Å². The standard InChI is InChI=1S/C8H13NO3SSi/c10-14(11,12)6-2-4-9-7-8-3-1-5-13-8/h1,3,5,7,10-12H,2,4,6H2. The van der Waals surface area contributed by atoms with Gasteiger partial charge in [-0.15, -0.1) is 11.3 Å². The van der Waals surface area contributed by atoms with Gasteiger partial charge < -0.3 is 14.4 Å². The summed E-state index contributed by atoms with van der Waals surface area (Å²) in [5.74, 6) is 0. The SMILES string of the molecule is O[Si](O)(O)CCCN=Cc1cccs1. The summed E-state index contributed by atoms with van der Waals surface area (Å²) < 4.78 is 0. The van der Waals surface area contributed by atoms with Crippen LogP contribution in [0.2, 0.25) is 6.04 Å². The zero-order chi connectivity index (χ0) is 10.4. The van der Waals surface area contributed by atoms with E-state index < -0.39 is 8.80 Å². The Morgan fingerprint density at radius 1 is 1.43 bits per heavy atom. The maximum absolute atomic E-state index is 8.70. The molecule has 0 bridgehead atoms. The van der Waals surface area contributed by atoms with Crippen molar-refractivity contribution >= 4 is 26.4 Å². The minimum atomic E-state index is -3.84. The second-order valence-corrected chi connectivity index (χ2v) is 5.96. The minimum absolute atomic E-state index is 0.0504. The molecular weight excluding hydrogens is 218 g/mol. The van der Waals surface area contributed by atoms with Gasteiger partial charge in [0.1, 0.15) is 0 Å². The van der Waals surface area contributed by atoms with Gasteiger partial charge in [-0.2, -0.15) is 0 Å². The largest absolute Gasteiger partial charge is 0.492 e. The quantitative estimate of drug-likeness (QED) is 0.392. The average molecular weight is 231 g/mol. The third kappa shape index (κ3) is 5.25. The molecule has 1 heterocycles. The van der Waals surface area contributed by atoms with Crippen molar-refractivity contribution in [2.24, 2.45) is 4.99 Å². The van der Waals surface area contributed by atoms with Crippen molar-refractivity contribution in [3.8, 4) is 0 Å². The monoisotopic (exact) mass is 231 g/mol. The predicted molar refractivity (Wildman–Crippen MR) is 58.6 cm³/mol. The lowest BCUT2D eigenvalue weighted by atomic mass is 10.5. The smallest absolute Gasteiger partial charge is 0.390 e. The fourth-order valence-corrected chi connectivity index (χ4v) is 2.17. The lowest BCUT2D eigenvalue weighted by Gasteiger charge is -2.06. The third-order valence-corrected chi connectivity index (χ3v) is 3.39. The van der Waals surface area contributed by atoms with E-state index in [1.54, 1.807) is 17.6 Å². The Balaban J connectivity index is 2.16. The Morgan fingerprint density at radius 2 is 2.21 bits per heavy atom. The lowest BCUT2D eigenvalue weighted by molar-refractivity contribution is 0.227. The van der Waals surface area contributed by atoms with Gasteiger partial charge in [0.15, 0.2) is 0 Å². The van der Waals surface area contributed by atoms with Crippen LogP contribution in [0.25, 0.3) is 0 Å². The van der Waals surface area contributed by atoms with Crippen molar-refractivity contribution in [2.75, 3.05) is 6.54 Å². The van der Waals surface area contributed by atoms with Crippen LogP contribution < -0.4 is 0 Å². The Labute approximate surface area is 87.6 Å². The van der Waals surface area contributed by atoms with Crippen molar-refractivity contribution in [1.29, 1.82) is 0 Å². The molecule has 0 saturated carbocycles. The number of rotatable bonds is 5. The molecule has 4 nitrogen and oxygen atoms in total. The van der Waals surface area contributed by atoms with Gasteiger partial charge in [0.05, 0.1) is 0 Å². The van der Waals surface area contributed by atoms with E-state index in [0.717, 1.165) is 4.88 Å². The highest BCUT2D eigenvalue weighted by Crippen LogP contribution is 2.05. The summed E-state index contributed by atoms with van der Waals surface area (Å²) in [5, 5.41) is 1.97. The van der Waals surface area contributed by atoms with Gasteiger partial charge in [-0.05, 0) is 17.9 Å². The minimum Gasteiger partial charge on any atom is -0.390 e. The van der Waals surface area contributed by atoms with E-state index in [0.29, 0.717) is 13.0 Å². The molecule has 0 aliphatic rings. The third-order valence-electron chi connectivity index (χ3n) is 1.56. The van der Waals surface area contributed by atoms with Gasteiger partial charge in [-0.25, -0.2) is 0 Å². The molecule has 1 aromatic heterocycles. The van der Waals surface area contributed by atoms with Crippen LogP contribution in [0.5, 0.6) is 0 Å². The molecule has 0 aromatic carbocycles. The summed E-state index contributed by atoms with van der Waals surface area (Å²) >= 11 is 1.60. The molecule has 0 aliphatic carbocycles. The average Bonchev–Trinajstić information content (AvgIpc) is 2.54. The van der Waals surface area contributed by atoms with E-state index in [1.165, 1.54) is 0 Å². The molecule has 78 valence electrons. The maximum Gasteiger partial charge on any atom is 0.492 e. The highest BCUT2D eigenvalue weighted by molar-refractivity contribution is 7.11.